The monoisotopic (exact) mass is 227 g/mol. The first-order valence-corrected chi connectivity index (χ1v) is 5.33. The number of hydrogen-bond acceptors (Lipinski definition) is 3. The zero-order valence-corrected chi connectivity index (χ0v) is 9.77. The minimum Gasteiger partial charge on any atom is -0.326 e. The molecule has 0 unspecified atom stereocenters. The van der Waals surface area contributed by atoms with Crippen molar-refractivity contribution < 1.29 is 4.79 Å². The van der Waals surface area contributed by atoms with Gasteiger partial charge in [-0.2, -0.15) is 0 Å². The molecule has 1 aromatic heterocycles. The summed E-state index contributed by atoms with van der Waals surface area (Å²) in [6, 6.07) is 9.42. The van der Waals surface area contributed by atoms with Crippen molar-refractivity contribution in [3.8, 4) is 11.3 Å². The Kier molecular flexibility index (Phi) is 3.14. The van der Waals surface area contributed by atoms with Gasteiger partial charge in [0.1, 0.15) is 5.82 Å². The molecular formula is C13H13N3O. The summed E-state index contributed by atoms with van der Waals surface area (Å²) in [6.07, 6.45) is 1.74. The summed E-state index contributed by atoms with van der Waals surface area (Å²) >= 11 is 0. The van der Waals surface area contributed by atoms with Crippen molar-refractivity contribution in [2.75, 3.05) is 5.32 Å². The van der Waals surface area contributed by atoms with Crippen molar-refractivity contribution in [3.05, 3.63) is 42.4 Å². The third-order valence-corrected chi connectivity index (χ3v) is 2.28. The van der Waals surface area contributed by atoms with Crippen molar-refractivity contribution in [2.45, 2.75) is 13.8 Å². The molecule has 0 aliphatic heterocycles. The lowest BCUT2D eigenvalue weighted by atomic mass is 10.1. The van der Waals surface area contributed by atoms with Crippen LogP contribution in [0, 0.1) is 6.92 Å². The van der Waals surface area contributed by atoms with E-state index < -0.39 is 0 Å². The summed E-state index contributed by atoms with van der Waals surface area (Å²) in [5.74, 6) is 0.670. The molecule has 0 bridgehead atoms. The molecule has 1 N–H and O–H groups in total. The van der Waals surface area contributed by atoms with E-state index in [4.69, 9.17) is 0 Å². The van der Waals surface area contributed by atoms with Crippen LogP contribution in [0.2, 0.25) is 0 Å². The van der Waals surface area contributed by atoms with E-state index in [-0.39, 0.29) is 5.91 Å². The predicted molar refractivity (Wildman–Crippen MR) is 66.5 cm³/mol. The Hall–Kier alpha value is -2.23. The molecule has 4 nitrogen and oxygen atoms in total. The quantitative estimate of drug-likeness (QED) is 0.857. The smallest absolute Gasteiger partial charge is 0.221 e. The third-order valence-electron chi connectivity index (χ3n) is 2.28. The van der Waals surface area contributed by atoms with E-state index in [0.717, 1.165) is 22.8 Å². The highest BCUT2D eigenvalue weighted by Gasteiger charge is 2.00. The number of carbonyl (C=O) groups excluding carboxylic acids is 1. The Morgan fingerprint density at radius 3 is 2.47 bits per heavy atom. The number of carbonyl (C=O) groups is 1. The molecule has 86 valence electrons. The maximum atomic E-state index is 10.9. The zero-order valence-electron chi connectivity index (χ0n) is 9.77. The number of anilines is 1. The predicted octanol–water partition coefficient (Wildman–Crippen LogP) is 2.41. The van der Waals surface area contributed by atoms with Crippen LogP contribution in [0.5, 0.6) is 0 Å². The van der Waals surface area contributed by atoms with Crippen LogP contribution >= 0.6 is 0 Å². The van der Waals surface area contributed by atoms with Gasteiger partial charge in [0.15, 0.2) is 0 Å². The third kappa shape index (κ3) is 2.87. The minimum absolute atomic E-state index is 0.0735. The zero-order chi connectivity index (χ0) is 12.3. The van der Waals surface area contributed by atoms with Crippen molar-refractivity contribution in [2.24, 2.45) is 0 Å². The second-order valence-electron chi connectivity index (χ2n) is 3.75. The topological polar surface area (TPSA) is 54.9 Å². The standard InChI is InChI=1S/C13H13N3O/c1-9-14-8-7-13(15-9)11-3-5-12(6-4-11)16-10(2)17/h3-8H,1-2H3,(H,16,17). The first kappa shape index (κ1) is 11.3. The molecule has 2 rings (SSSR count). The van der Waals surface area contributed by atoms with E-state index in [0.29, 0.717) is 0 Å². The lowest BCUT2D eigenvalue weighted by Crippen LogP contribution is -2.05. The van der Waals surface area contributed by atoms with Gasteiger partial charge in [-0.15, -0.1) is 0 Å². The summed E-state index contributed by atoms with van der Waals surface area (Å²) in [4.78, 5) is 19.3. The fourth-order valence-corrected chi connectivity index (χ4v) is 1.54. The normalized spacial score (nSPS) is 10.0. The van der Waals surface area contributed by atoms with Crippen LogP contribution in [-0.2, 0) is 4.79 Å². The summed E-state index contributed by atoms with van der Waals surface area (Å²) in [7, 11) is 0. The number of rotatable bonds is 2. The summed E-state index contributed by atoms with van der Waals surface area (Å²) < 4.78 is 0. The van der Waals surface area contributed by atoms with Gasteiger partial charge in [0.25, 0.3) is 0 Å². The molecule has 0 aliphatic rings. The Labute approximate surface area is 99.7 Å². The number of amides is 1. The van der Waals surface area contributed by atoms with Gasteiger partial charge in [0, 0.05) is 24.4 Å². The van der Waals surface area contributed by atoms with Gasteiger partial charge >= 0.3 is 0 Å². The highest BCUT2D eigenvalue weighted by atomic mass is 16.1. The van der Waals surface area contributed by atoms with Gasteiger partial charge in [-0.1, -0.05) is 12.1 Å². The van der Waals surface area contributed by atoms with Gasteiger partial charge in [-0.25, -0.2) is 9.97 Å². The largest absolute Gasteiger partial charge is 0.326 e. The first-order chi connectivity index (χ1) is 8.15. The Morgan fingerprint density at radius 1 is 1.18 bits per heavy atom. The molecule has 0 atom stereocenters. The van der Waals surface area contributed by atoms with Gasteiger partial charge in [-0.05, 0) is 25.1 Å². The van der Waals surface area contributed by atoms with Gasteiger partial charge in [-0.3, -0.25) is 4.79 Å². The Morgan fingerprint density at radius 2 is 1.88 bits per heavy atom. The van der Waals surface area contributed by atoms with E-state index in [1.165, 1.54) is 6.92 Å². The molecule has 1 amide bonds. The molecule has 2 aromatic rings. The number of hydrogen-bond donors (Lipinski definition) is 1. The molecule has 0 radical (unpaired) electrons. The van der Waals surface area contributed by atoms with Gasteiger partial charge in [0.2, 0.25) is 5.91 Å². The van der Waals surface area contributed by atoms with Crippen LogP contribution in [0.25, 0.3) is 11.3 Å². The lowest BCUT2D eigenvalue weighted by molar-refractivity contribution is -0.114. The van der Waals surface area contributed by atoms with E-state index in [9.17, 15) is 4.79 Å². The maximum absolute atomic E-state index is 10.9. The Bertz CT molecular complexity index is 535. The van der Waals surface area contributed by atoms with Crippen molar-refractivity contribution in [3.63, 3.8) is 0 Å². The molecule has 1 heterocycles. The van der Waals surface area contributed by atoms with Crippen LogP contribution in [0.1, 0.15) is 12.7 Å². The molecule has 17 heavy (non-hydrogen) atoms. The molecule has 4 heteroatoms. The fourth-order valence-electron chi connectivity index (χ4n) is 1.54. The van der Waals surface area contributed by atoms with Crippen LogP contribution in [0.3, 0.4) is 0 Å². The van der Waals surface area contributed by atoms with Crippen molar-refractivity contribution in [1.82, 2.24) is 9.97 Å². The van der Waals surface area contributed by atoms with E-state index in [1.807, 2.05) is 37.3 Å². The number of aryl methyl sites for hydroxylation is 1. The molecular weight excluding hydrogens is 214 g/mol. The van der Waals surface area contributed by atoms with E-state index in [1.54, 1.807) is 6.20 Å². The molecule has 0 aliphatic carbocycles. The number of benzene rings is 1. The minimum atomic E-state index is -0.0735. The second kappa shape index (κ2) is 4.74. The number of nitrogens with one attached hydrogen (secondary N) is 1. The number of aromatic nitrogens is 2. The highest BCUT2D eigenvalue weighted by molar-refractivity contribution is 5.88. The van der Waals surface area contributed by atoms with Gasteiger partial charge < -0.3 is 5.32 Å². The summed E-state index contributed by atoms with van der Waals surface area (Å²) in [6.45, 7) is 3.34. The average molecular weight is 227 g/mol. The molecule has 0 saturated carbocycles. The molecule has 0 spiro atoms. The van der Waals surface area contributed by atoms with Crippen LogP contribution < -0.4 is 5.32 Å². The highest BCUT2D eigenvalue weighted by Crippen LogP contribution is 2.19. The summed E-state index contributed by atoms with van der Waals surface area (Å²) in [5.41, 5.74) is 2.67. The SMILES string of the molecule is CC(=O)Nc1ccc(-c2ccnc(C)n2)cc1. The summed E-state index contributed by atoms with van der Waals surface area (Å²) in [5, 5.41) is 2.72. The first-order valence-electron chi connectivity index (χ1n) is 5.33. The maximum Gasteiger partial charge on any atom is 0.221 e. The lowest BCUT2D eigenvalue weighted by Gasteiger charge is -2.04. The van der Waals surface area contributed by atoms with Crippen molar-refractivity contribution in [1.29, 1.82) is 0 Å². The van der Waals surface area contributed by atoms with E-state index in [2.05, 4.69) is 15.3 Å². The second-order valence-corrected chi connectivity index (χ2v) is 3.75. The van der Waals surface area contributed by atoms with Crippen LogP contribution in [0.15, 0.2) is 36.5 Å². The fraction of sp³-hybridized carbons (Fsp3) is 0.154. The Balaban J connectivity index is 2.26. The number of nitrogens with zero attached hydrogens (tertiary/aromatic N) is 2. The van der Waals surface area contributed by atoms with Crippen LogP contribution in [-0.4, -0.2) is 15.9 Å². The molecule has 1 aromatic carbocycles. The molecule has 0 saturated heterocycles. The van der Waals surface area contributed by atoms with Gasteiger partial charge in [0.05, 0.1) is 5.69 Å². The van der Waals surface area contributed by atoms with Crippen LogP contribution in [0.4, 0.5) is 5.69 Å². The van der Waals surface area contributed by atoms with E-state index >= 15 is 0 Å². The molecule has 0 fully saturated rings. The average Bonchev–Trinajstić information content (AvgIpc) is 2.29. The van der Waals surface area contributed by atoms with Crippen molar-refractivity contribution >= 4 is 11.6 Å².